The van der Waals surface area contributed by atoms with Crippen LogP contribution in [-0.2, 0) is 0 Å². The summed E-state index contributed by atoms with van der Waals surface area (Å²) in [5, 5.41) is 7.18. The van der Waals surface area contributed by atoms with Crippen LogP contribution >= 0.6 is 0 Å². The molecule has 0 aromatic rings. The lowest BCUT2D eigenvalue weighted by Crippen LogP contribution is -2.28. The van der Waals surface area contributed by atoms with Gasteiger partial charge in [0, 0.05) is 12.1 Å². The molecule has 3 atom stereocenters. The normalized spacial score (nSPS) is 38.1. The highest BCUT2D eigenvalue weighted by atomic mass is 15.0. The predicted molar refractivity (Wildman–Crippen MR) is 55.8 cm³/mol. The summed E-state index contributed by atoms with van der Waals surface area (Å²) in [6.07, 6.45) is 6.89. The molecule has 0 radical (unpaired) electrons. The van der Waals surface area contributed by atoms with Gasteiger partial charge in [-0.2, -0.15) is 0 Å². The molecule has 2 fully saturated rings. The first-order valence-electron chi connectivity index (χ1n) is 5.87. The van der Waals surface area contributed by atoms with Gasteiger partial charge in [-0.05, 0) is 44.7 Å². The SMILES string of the molecule is CCC1CC1NCCC1CCCN1. The van der Waals surface area contributed by atoms with Crippen molar-refractivity contribution in [2.45, 2.75) is 51.1 Å². The van der Waals surface area contributed by atoms with Gasteiger partial charge in [0.1, 0.15) is 0 Å². The zero-order valence-corrected chi connectivity index (χ0v) is 8.68. The number of hydrogen-bond acceptors (Lipinski definition) is 2. The van der Waals surface area contributed by atoms with Crippen molar-refractivity contribution in [1.82, 2.24) is 10.6 Å². The van der Waals surface area contributed by atoms with Crippen molar-refractivity contribution in [1.29, 1.82) is 0 Å². The minimum atomic E-state index is 0.811. The highest BCUT2D eigenvalue weighted by molar-refractivity contribution is 4.92. The summed E-state index contributed by atoms with van der Waals surface area (Å²) in [7, 11) is 0. The minimum Gasteiger partial charge on any atom is -0.314 e. The van der Waals surface area contributed by atoms with Crippen molar-refractivity contribution in [3.8, 4) is 0 Å². The Labute approximate surface area is 81.5 Å². The van der Waals surface area contributed by atoms with Crippen LogP contribution in [0.5, 0.6) is 0 Å². The molecular formula is C11H22N2. The summed E-state index contributed by atoms with van der Waals surface area (Å²) in [6, 6.07) is 1.68. The van der Waals surface area contributed by atoms with Gasteiger partial charge in [-0.25, -0.2) is 0 Å². The molecular weight excluding hydrogens is 160 g/mol. The van der Waals surface area contributed by atoms with Crippen LogP contribution in [0.4, 0.5) is 0 Å². The molecule has 13 heavy (non-hydrogen) atoms. The van der Waals surface area contributed by atoms with E-state index >= 15 is 0 Å². The summed E-state index contributed by atoms with van der Waals surface area (Å²) < 4.78 is 0. The van der Waals surface area contributed by atoms with Crippen LogP contribution in [0.25, 0.3) is 0 Å². The van der Waals surface area contributed by atoms with E-state index < -0.39 is 0 Å². The van der Waals surface area contributed by atoms with E-state index in [1.165, 1.54) is 45.2 Å². The molecule has 2 nitrogen and oxygen atoms in total. The second-order valence-corrected chi connectivity index (χ2v) is 4.55. The maximum atomic E-state index is 3.64. The molecule has 2 heteroatoms. The average Bonchev–Trinajstić information content (AvgIpc) is 2.69. The molecule has 1 aliphatic carbocycles. The van der Waals surface area contributed by atoms with Crippen molar-refractivity contribution in [2.24, 2.45) is 5.92 Å². The van der Waals surface area contributed by atoms with Crippen molar-refractivity contribution in [3.63, 3.8) is 0 Å². The standard InChI is InChI=1S/C11H22N2/c1-2-9-8-11(9)13-7-5-10-4-3-6-12-10/h9-13H,2-8H2,1H3. The molecule has 1 saturated carbocycles. The van der Waals surface area contributed by atoms with E-state index in [1.807, 2.05) is 0 Å². The first-order chi connectivity index (χ1) is 6.40. The second kappa shape index (κ2) is 4.43. The molecule has 76 valence electrons. The maximum Gasteiger partial charge on any atom is 0.00990 e. The summed E-state index contributed by atoms with van der Waals surface area (Å²) in [4.78, 5) is 0. The molecule has 2 N–H and O–H groups in total. The first-order valence-corrected chi connectivity index (χ1v) is 5.87. The van der Waals surface area contributed by atoms with Crippen molar-refractivity contribution in [2.75, 3.05) is 13.1 Å². The fourth-order valence-electron chi connectivity index (χ4n) is 2.39. The Bertz CT molecular complexity index is 152. The fraction of sp³-hybridized carbons (Fsp3) is 1.00. The first kappa shape index (κ1) is 9.47. The number of rotatable bonds is 5. The van der Waals surface area contributed by atoms with Gasteiger partial charge < -0.3 is 10.6 Å². The number of nitrogens with one attached hydrogen (secondary N) is 2. The second-order valence-electron chi connectivity index (χ2n) is 4.55. The van der Waals surface area contributed by atoms with Crippen LogP contribution in [0.3, 0.4) is 0 Å². The molecule has 0 bridgehead atoms. The van der Waals surface area contributed by atoms with Crippen LogP contribution in [-0.4, -0.2) is 25.2 Å². The van der Waals surface area contributed by atoms with Gasteiger partial charge in [0.05, 0.1) is 0 Å². The highest BCUT2D eigenvalue weighted by Crippen LogP contribution is 2.32. The Morgan fingerprint density at radius 1 is 1.46 bits per heavy atom. The predicted octanol–water partition coefficient (Wildman–Crippen LogP) is 1.52. The third kappa shape index (κ3) is 2.68. The van der Waals surface area contributed by atoms with Gasteiger partial charge in [-0.3, -0.25) is 0 Å². The largest absolute Gasteiger partial charge is 0.314 e. The summed E-state index contributed by atoms with van der Waals surface area (Å²) in [5.74, 6) is 0.997. The van der Waals surface area contributed by atoms with Crippen molar-refractivity contribution < 1.29 is 0 Å². The third-order valence-corrected chi connectivity index (χ3v) is 3.51. The lowest BCUT2D eigenvalue weighted by Gasteiger charge is -2.10. The van der Waals surface area contributed by atoms with E-state index in [2.05, 4.69) is 17.6 Å². The van der Waals surface area contributed by atoms with Crippen LogP contribution in [0, 0.1) is 5.92 Å². The Morgan fingerprint density at radius 3 is 3.00 bits per heavy atom. The molecule has 0 aromatic carbocycles. The van der Waals surface area contributed by atoms with Gasteiger partial charge in [0.25, 0.3) is 0 Å². The Hall–Kier alpha value is -0.0800. The molecule has 2 rings (SSSR count). The Balaban J connectivity index is 1.49. The van der Waals surface area contributed by atoms with Gasteiger partial charge in [0.2, 0.25) is 0 Å². The van der Waals surface area contributed by atoms with E-state index in [1.54, 1.807) is 0 Å². The topological polar surface area (TPSA) is 24.1 Å². The van der Waals surface area contributed by atoms with Crippen molar-refractivity contribution in [3.05, 3.63) is 0 Å². The van der Waals surface area contributed by atoms with Crippen LogP contribution in [0.2, 0.25) is 0 Å². The molecule has 0 aromatic heterocycles. The smallest absolute Gasteiger partial charge is 0.00990 e. The van der Waals surface area contributed by atoms with Gasteiger partial charge in [0.15, 0.2) is 0 Å². The Morgan fingerprint density at radius 2 is 2.38 bits per heavy atom. The van der Waals surface area contributed by atoms with Crippen LogP contribution in [0.15, 0.2) is 0 Å². The third-order valence-electron chi connectivity index (χ3n) is 3.51. The van der Waals surface area contributed by atoms with Gasteiger partial charge in [-0.15, -0.1) is 0 Å². The van der Waals surface area contributed by atoms with E-state index in [0.29, 0.717) is 0 Å². The molecule has 1 saturated heterocycles. The summed E-state index contributed by atoms with van der Waals surface area (Å²) >= 11 is 0. The maximum absolute atomic E-state index is 3.64. The molecule has 0 spiro atoms. The fourth-order valence-corrected chi connectivity index (χ4v) is 2.39. The highest BCUT2D eigenvalue weighted by Gasteiger charge is 2.34. The van der Waals surface area contributed by atoms with Crippen molar-refractivity contribution >= 4 is 0 Å². The van der Waals surface area contributed by atoms with Crippen LogP contribution in [0.1, 0.15) is 39.0 Å². The van der Waals surface area contributed by atoms with E-state index in [4.69, 9.17) is 0 Å². The average molecular weight is 182 g/mol. The monoisotopic (exact) mass is 182 g/mol. The molecule has 2 aliphatic rings. The lowest BCUT2D eigenvalue weighted by molar-refractivity contribution is 0.512. The van der Waals surface area contributed by atoms with Gasteiger partial charge >= 0.3 is 0 Å². The van der Waals surface area contributed by atoms with E-state index in [9.17, 15) is 0 Å². The Kier molecular flexibility index (Phi) is 3.23. The molecule has 1 aliphatic heterocycles. The summed E-state index contributed by atoms with van der Waals surface area (Å²) in [6.45, 7) is 4.76. The zero-order chi connectivity index (χ0) is 9.10. The van der Waals surface area contributed by atoms with E-state index in [-0.39, 0.29) is 0 Å². The minimum absolute atomic E-state index is 0.811. The number of hydrogen-bond donors (Lipinski definition) is 2. The molecule has 3 unspecified atom stereocenters. The van der Waals surface area contributed by atoms with E-state index in [0.717, 1.165) is 18.0 Å². The molecule has 1 heterocycles. The van der Waals surface area contributed by atoms with Crippen LogP contribution < -0.4 is 10.6 Å². The quantitative estimate of drug-likeness (QED) is 0.673. The van der Waals surface area contributed by atoms with Gasteiger partial charge in [-0.1, -0.05) is 13.3 Å². The molecule has 0 amide bonds. The summed E-state index contributed by atoms with van der Waals surface area (Å²) in [5.41, 5.74) is 0. The lowest BCUT2D eigenvalue weighted by atomic mass is 10.1. The zero-order valence-electron chi connectivity index (χ0n) is 8.68.